The molecule has 0 atom stereocenters. The Bertz CT molecular complexity index is 1740. The van der Waals surface area contributed by atoms with Gasteiger partial charge in [0.25, 0.3) is 0 Å². The summed E-state index contributed by atoms with van der Waals surface area (Å²) in [6, 6.07) is 10.4. The van der Waals surface area contributed by atoms with E-state index in [1.54, 1.807) is 6.07 Å². The number of hydrogen-bond acceptors (Lipinski definition) is 2. The fourth-order valence-corrected chi connectivity index (χ4v) is 5.43. The molecule has 0 unspecified atom stereocenters. The third kappa shape index (κ3) is 3.51. The van der Waals surface area contributed by atoms with Gasteiger partial charge in [0.15, 0.2) is 0 Å². The molecule has 6 rings (SSSR count). The second-order valence-corrected chi connectivity index (χ2v) is 9.78. The largest absolute Gasteiger partial charge is 0.456 e. The summed E-state index contributed by atoms with van der Waals surface area (Å²) >= 11 is 0. The monoisotopic (exact) mass is 454 g/mol. The predicted molar refractivity (Wildman–Crippen MR) is 137 cm³/mol. The van der Waals surface area contributed by atoms with Crippen molar-refractivity contribution in [2.45, 2.75) is 44.9 Å². The summed E-state index contributed by atoms with van der Waals surface area (Å²) in [5, 5.41) is 0.875. The zero-order chi connectivity index (χ0) is 27.6. The third-order valence-corrected chi connectivity index (χ3v) is 7.49. The Hall–Kier alpha value is -3.46. The highest BCUT2D eigenvalue weighted by Crippen LogP contribution is 2.43. The van der Waals surface area contributed by atoms with Gasteiger partial charge in [-0.15, -0.1) is 0 Å². The van der Waals surface area contributed by atoms with Crippen LogP contribution in [0, 0.1) is 11.7 Å². The van der Waals surface area contributed by atoms with Crippen LogP contribution in [0.2, 0.25) is 0 Å². The molecule has 3 aromatic carbocycles. The highest BCUT2D eigenvalue weighted by Gasteiger charge is 2.33. The molecule has 3 heteroatoms. The van der Waals surface area contributed by atoms with Crippen molar-refractivity contribution in [3.63, 3.8) is 0 Å². The van der Waals surface area contributed by atoms with Crippen molar-refractivity contribution in [3.8, 4) is 22.4 Å². The van der Waals surface area contributed by atoms with Crippen LogP contribution in [0.15, 0.2) is 83.3 Å². The predicted octanol–water partition coefficient (Wildman–Crippen LogP) is 8.92. The summed E-state index contributed by atoms with van der Waals surface area (Å²) in [5.41, 5.74) is 3.78. The van der Waals surface area contributed by atoms with Gasteiger partial charge in [0.05, 0.1) is 17.9 Å². The van der Waals surface area contributed by atoms with E-state index in [1.807, 2.05) is 18.3 Å². The van der Waals surface area contributed by atoms with Crippen molar-refractivity contribution in [3.05, 3.63) is 90.3 Å². The number of rotatable bonds is 4. The van der Waals surface area contributed by atoms with Crippen LogP contribution in [0.3, 0.4) is 0 Å². The molecule has 5 aromatic rings. The molecule has 1 fully saturated rings. The number of benzene rings is 3. The Balaban J connectivity index is 1.46. The summed E-state index contributed by atoms with van der Waals surface area (Å²) in [6.45, 7) is 4.61. The first kappa shape index (κ1) is 16.2. The molecule has 0 bridgehead atoms. The average Bonchev–Trinajstić information content (AvgIpc) is 3.60. The average molecular weight is 455 g/mol. The fraction of sp³-hybridized carbons (Fsp3) is 0.258. The molecule has 170 valence electrons. The van der Waals surface area contributed by atoms with Crippen molar-refractivity contribution in [1.29, 1.82) is 0 Å². The summed E-state index contributed by atoms with van der Waals surface area (Å²) in [6.07, 6.45) is 6.87. The molecular formula is C31H28FNO. The second kappa shape index (κ2) is 8.09. The van der Waals surface area contributed by atoms with Crippen molar-refractivity contribution in [2.75, 3.05) is 0 Å². The first-order valence-electron chi connectivity index (χ1n) is 14.3. The Morgan fingerprint density at radius 3 is 2.50 bits per heavy atom. The number of fused-ring (bicyclic) bond motifs is 3. The molecule has 0 N–H and O–H groups in total. The molecule has 1 aliphatic rings. The molecule has 0 radical (unpaired) electrons. The molecular weight excluding hydrogens is 421 g/mol. The Morgan fingerprint density at radius 1 is 0.912 bits per heavy atom. The zero-order valence-electron chi connectivity index (χ0n) is 24.3. The molecule has 0 spiro atoms. The van der Waals surface area contributed by atoms with Gasteiger partial charge in [-0.25, -0.2) is 4.39 Å². The number of hydrogen-bond donors (Lipinski definition) is 0. The zero-order valence-corrected chi connectivity index (χ0v) is 19.3. The lowest BCUT2D eigenvalue weighted by atomic mass is 9.72. The van der Waals surface area contributed by atoms with Gasteiger partial charge in [-0.05, 0) is 83.3 Å². The molecule has 2 nitrogen and oxygen atoms in total. The van der Waals surface area contributed by atoms with Crippen LogP contribution in [0.4, 0.5) is 4.39 Å². The number of aromatic nitrogens is 1. The van der Waals surface area contributed by atoms with E-state index in [2.05, 4.69) is 31.0 Å². The van der Waals surface area contributed by atoms with Gasteiger partial charge in [-0.2, -0.15) is 0 Å². The maximum atomic E-state index is 15.6. The van der Waals surface area contributed by atoms with Crippen LogP contribution in [0.5, 0.6) is 0 Å². The Kier molecular flexibility index (Phi) is 3.86. The lowest BCUT2D eigenvalue weighted by molar-refractivity contribution is 0.325. The van der Waals surface area contributed by atoms with Crippen molar-refractivity contribution < 1.29 is 15.7 Å². The molecule has 1 aliphatic carbocycles. The highest BCUT2D eigenvalue weighted by molar-refractivity contribution is 6.07. The van der Waals surface area contributed by atoms with Gasteiger partial charge < -0.3 is 4.42 Å². The standard InChI is InChI=1S/C31H28FNO/c1-31(2,23-10-6-7-11-23)24-14-15-33-27(19-24)21-12-13-28-25(16-21)30-26(32)17-22(18-29(30)34-28)20-8-4-3-5-9-20/h3-5,8-9,12-19,23H,6-7,10-11H2,1-2H3/i3D,4D,5D,8D,9D. The van der Waals surface area contributed by atoms with E-state index in [0.717, 1.165) is 11.3 Å². The first-order chi connectivity index (χ1) is 18.6. The smallest absolute Gasteiger partial charge is 0.138 e. The van der Waals surface area contributed by atoms with E-state index in [-0.39, 0.29) is 39.6 Å². The van der Waals surface area contributed by atoms with Gasteiger partial charge in [0.1, 0.15) is 17.0 Å². The van der Waals surface area contributed by atoms with Crippen molar-refractivity contribution >= 4 is 21.9 Å². The number of furan rings is 1. The van der Waals surface area contributed by atoms with Gasteiger partial charge in [0, 0.05) is 17.1 Å². The lowest BCUT2D eigenvalue weighted by Gasteiger charge is -2.32. The molecule has 0 amide bonds. The van der Waals surface area contributed by atoms with E-state index in [4.69, 9.17) is 11.3 Å². The minimum Gasteiger partial charge on any atom is -0.456 e. The summed E-state index contributed by atoms with van der Waals surface area (Å²) in [4.78, 5) is 4.62. The van der Waals surface area contributed by atoms with Gasteiger partial charge in [0.2, 0.25) is 0 Å². The normalized spacial score (nSPS) is 17.0. The van der Waals surface area contributed by atoms with E-state index >= 15 is 4.39 Å². The molecule has 2 aromatic heterocycles. The van der Waals surface area contributed by atoms with Crippen LogP contribution < -0.4 is 0 Å². The second-order valence-electron chi connectivity index (χ2n) is 9.78. The minimum absolute atomic E-state index is 0.0343. The molecule has 0 saturated heterocycles. The van der Waals surface area contributed by atoms with E-state index in [9.17, 15) is 0 Å². The molecule has 0 aliphatic heterocycles. The summed E-state index contributed by atoms with van der Waals surface area (Å²) in [7, 11) is 0. The number of pyridine rings is 1. The molecule has 1 saturated carbocycles. The molecule has 2 heterocycles. The first-order valence-corrected chi connectivity index (χ1v) is 11.8. The van der Waals surface area contributed by atoms with Gasteiger partial charge in [-0.1, -0.05) is 56.9 Å². The SMILES string of the molecule is [2H]c1c([2H])c([2H])c(-c2cc(F)c3c(c2)oc2ccc(-c4cc(C(C)(C)C5CCCC5)ccn4)cc23)c([2H])c1[2H]. The van der Waals surface area contributed by atoms with Gasteiger partial charge >= 0.3 is 0 Å². The van der Waals surface area contributed by atoms with Crippen LogP contribution >= 0.6 is 0 Å². The number of nitrogens with zero attached hydrogens (tertiary/aromatic N) is 1. The topological polar surface area (TPSA) is 26.0 Å². The maximum absolute atomic E-state index is 15.6. The van der Waals surface area contributed by atoms with Crippen molar-refractivity contribution in [2.24, 2.45) is 5.92 Å². The highest BCUT2D eigenvalue weighted by atomic mass is 19.1. The van der Waals surface area contributed by atoms with Crippen LogP contribution in [-0.2, 0) is 5.41 Å². The fourth-order valence-electron chi connectivity index (χ4n) is 5.43. The van der Waals surface area contributed by atoms with E-state index in [0.29, 0.717) is 16.9 Å². The van der Waals surface area contributed by atoms with Gasteiger partial charge in [-0.3, -0.25) is 4.98 Å². The summed E-state index contributed by atoms with van der Waals surface area (Å²) < 4.78 is 61.9. The van der Waals surface area contributed by atoms with Crippen molar-refractivity contribution in [1.82, 2.24) is 4.98 Å². The van der Waals surface area contributed by atoms with Crippen LogP contribution in [0.25, 0.3) is 44.3 Å². The summed E-state index contributed by atoms with van der Waals surface area (Å²) in [5.74, 6) is 0.0497. The van der Waals surface area contributed by atoms with E-state index in [1.165, 1.54) is 43.4 Å². The van der Waals surface area contributed by atoms with Crippen LogP contribution in [0.1, 0.15) is 51.9 Å². The van der Waals surface area contributed by atoms with E-state index < -0.39 is 23.9 Å². The van der Waals surface area contributed by atoms with Crippen LogP contribution in [-0.4, -0.2) is 4.98 Å². The lowest BCUT2D eigenvalue weighted by Crippen LogP contribution is -2.26. The maximum Gasteiger partial charge on any atom is 0.138 e. The molecule has 34 heavy (non-hydrogen) atoms. The third-order valence-electron chi connectivity index (χ3n) is 7.49. The Morgan fingerprint density at radius 2 is 1.71 bits per heavy atom. The number of halogens is 1. The minimum atomic E-state index is -0.589. The Labute approximate surface area is 206 Å². The quantitative estimate of drug-likeness (QED) is 0.271.